The van der Waals surface area contributed by atoms with Crippen LogP contribution in [0.1, 0.15) is 27.3 Å². The van der Waals surface area contributed by atoms with Gasteiger partial charge in [-0.15, -0.1) is 0 Å². The molecule has 0 saturated carbocycles. The molecule has 1 amide bonds. The molecule has 0 fully saturated rings. The second-order valence-electron chi connectivity index (χ2n) is 4.99. The molecule has 0 atom stereocenters. The molecule has 3 rings (SSSR count). The van der Waals surface area contributed by atoms with Crippen LogP contribution in [0.25, 0.3) is 0 Å². The average molecular weight is 267 g/mol. The van der Waals surface area contributed by atoms with Gasteiger partial charge in [-0.3, -0.25) is 4.79 Å². The number of benzene rings is 1. The van der Waals surface area contributed by atoms with Crippen molar-refractivity contribution in [2.75, 3.05) is 11.9 Å². The first-order chi connectivity index (χ1) is 9.74. The molecule has 0 radical (unpaired) electrons. The molecule has 20 heavy (non-hydrogen) atoms. The van der Waals surface area contributed by atoms with Crippen molar-refractivity contribution >= 4 is 11.6 Å². The summed E-state index contributed by atoms with van der Waals surface area (Å²) in [6.45, 7) is 3.67. The van der Waals surface area contributed by atoms with E-state index in [1.807, 2.05) is 31.2 Å². The topological polar surface area (TPSA) is 54.0 Å². The lowest BCUT2D eigenvalue weighted by atomic mass is 9.99. The molecule has 1 aromatic carbocycles. The lowest BCUT2D eigenvalue weighted by Gasteiger charge is -2.20. The number of carbonyl (C=O) groups is 1. The van der Waals surface area contributed by atoms with E-state index >= 15 is 0 Å². The van der Waals surface area contributed by atoms with Crippen molar-refractivity contribution in [2.24, 2.45) is 0 Å². The highest BCUT2D eigenvalue weighted by Gasteiger charge is 2.15. The van der Waals surface area contributed by atoms with Gasteiger partial charge in [-0.1, -0.05) is 18.2 Å². The first kappa shape index (κ1) is 12.8. The lowest BCUT2D eigenvalue weighted by Crippen LogP contribution is -2.25. The quantitative estimate of drug-likeness (QED) is 0.877. The van der Waals surface area contributed by atoms with Crippen LogP contribution in [0.5, 0.6) is 0 Å². The Hall–Kier alpha value is -2.20. The second kappa shape index (κ2) is 5.43. The molecule has 0 bridgehead atoms. The molecule has 2 N–H and O–H groups in total. The van der Waals surface area contributed by atoms with Crippen molar-refractivity contribution in [2.45, 2.75) is 19.9 Å². The van der Waals surface area contributed by atoms with Crippen LogP contribution in [0, 0.1) is 6.92 Å². The minimum absolute atomic E-state index is 0.160. The Bertz CT molecular complexity index is 652. The molecular formula is C16H17N3O. The third-order valence-corrected chi connectivity index (χ3v) is 3.52. The number of hydrogen-bond donors (Lipinski definition) is 2. The summed E-state index contributed by atoms with van der Waals surface area (Å²) in [6, 6.07) is 11.5. The molecule has 4 nitrogen and oxygen atoms in total. The van der Waals surface area contributed by atoms with Gasteiger partial charge < -0.3 is 10.6 Å². The Labute approximate surface area is 118 Å². The normalized spacial score (nSPS) is 13.7. The standard InChI is InChI=1S/C16H17N3O/c1-11-4-2-7-15(18-11)16(20)19-14-6-3-5-12-8-9-17-10-13(12)14/h2-7,17H,8-10H2,1H3,(H,19,20). The third-order valence-electron chi connectivity index (χ3n) is 3.52. The summed E-state index contributed by atoms with van der Waals surface area (Å²) in [5.74, 6) is -0.160. The van der Waals surface area contributed by atoms with E-state index in [0.29, 0.717) is 5.69 Å². The number of anilines is 1. The Kier molecular flexibility index (Phi) is 3.48. The van der Waals surface area contributed by atoms with E-state index in [1.165, 1.54) is 11.1 Å². The summed E-state index contributed by atoms with van der Waals surface area (Å²) in [4.78, 5) is 16.5. The van der Waals surface area contributed by atoms with Gasteiger partial charge in [0.1, 0.15) is 5.69 Å². The lowest BCUT2D eigenvalue weighted by molar-refractivity contribution is 0.102. The van der Waals surface area contributed by atoms with Gasteiger partial charge in [0.25, 0.3) is 5.91 Å². The highest BCUT2D eigenvalue weighted by Crippen LogP contribution is 2.23. The predicted molar refractivity (Wildman–Crippen MR) is 78.8 cm³/mol. The molecule has 0 spiro atoms. The van der Waals surface area contributed by atoms with Gasteiger partial charge in [0.15, 0.2) is 0 Å². The molecular weight excluding hydrogens is 250 g/mol. The summed E-state index contributed by atoms with van der Waals surface area (Å²) < 4.78 is 0. The van der Waals surface area contributed by atoms with Crippen LogP contribution in [0.15, 0.2) is 36.4 Å². The summed E-state index contributed by atoms with van der Waals surface area (Å²) >= 11 is 0. The van der Waals surface area contributed by atoms with Crippen LogP contribution in [-0.4, -0.2) is 17.4 Å². The first-order valence-electron chi connectivity index (χ1n) is 6.80. The number of pyridine rings is 1. The first-order valence-corrected chi connectivity index (χ1v) is 6.80. The van der Waals surface area contributed by atoms with Crippen LogP contribution < -0.4 is 10.6 Å². The number of carbonyl (C=O) groups excluding carboxylic acids is 1. The van der Waals surface area contributed by atoms with E-state index in [0.717, 1.165) is 30.9 Å². The van der Waals surface area contributed by atoms with Crippen molar-refractivity contribution in [1.82, 2.24) is 10.3 Å². The van der Waals surface area contributed by atoms with E-state index in [-0.39, 0.29) is 5.91 Å². The molecule has 2 heterocycles. The summed E-state index contributed by atoms with van der Waals surface area (Å²) in [5, 5.41) is 6.31. The Balaban J connectivity index is 1.86. The van der Waals surface area contributed by atoms with E-state index in [4.69, 9.17) is 0 Å². The average Bonchev–Trinajstić information content (AvgIpc) is 2.47. The zero-order chi connectivity index (χ0) is 13.9. The summed E-state index contributed by atoms with van der Waals surface area (Å²) in [5.41, 5.74) is 4.65. The van der Waals surface area contributed by atoms with Gasteiger partial charge in [-0.25, -0.2) is 4.98 Å². The zero-order valence-electron chi connectivity index (χ0n) is 11.4. The van der Waals surface area contributed by atoms with Gasteiger partial charge in [-0.05, 0) is 49.2 Å². The summed E-state index contributed by atoms with van der Waals surface area (Å²) in [7, 11) is 0. The number of nitrogens with zero attached hydrogens (tertiary/aromatic N) is 1. The second-order valence-corrected chi connectivity index (χ2v) is 4.99. The van der Waals surface area contributed by atoms with Crippen molar-refractivity contribution in [3.8, 4) is 0 Å². The third kappa shape index (κ3) is 2.56. The van der Waals surface area contributed by atoms with E-state index in [2.05, 4.69) is 21.7 Å². The highest BCUT2D eigenvalue weighted by molar-refractivity contribution is 6.03. The molecule has 102 valence electrons. The van der Waals surface area contributed by atoms with Crippen LogP contribution in [0.4, 0.5) is 5.69 Å². The van der Waals surface area contributed by atoms with Crippen molar-refractivity contribution in [3.63, 3.8) is 0 Å². The fourth-order valence-corrected chi connectivity index (χ4v) is 2.49. The van der Waals surface area contributed by atoms with Crippen molar-refractivity contribution < 1.29 is 4.79 Å². The highest BCUT2D eigenvalue weighted by atomic mass is 16.1. The van der Waals surface area contributed by atoms with E-state index in [1.54, 1.807) is 6.07 Å². The monoisotopic (exact) mass is 267 g/mol. The van der Waals surface area contributed by atoms with Gasteiger partial charge in [0.2, 0.25) is 0 Å². The molecule has 0 unspecified atom stereocenters. The van der Waals surface area contributed by atoms with E-state index < -0.39 is 0 Å². The Morgan fingerprint density at radius 3 is 2.95 bits per heavy atom. The predicted octanol–water partition coefficient (Wildman–Crippen LogP) is 2.29. The molecule has 0 aliphatic carbocycles. The van der Waals surface area contributed by atoms with Crippen LogP contribution >= 0.6 is 0 Å². The number of amides is 1. The van der Waals surface area contributed by atoms with Crippen molar-refractivity contribution in [1.29, 1.82) is 0 Å². The molecule has 0 saturated heterocycles. The van der Waals surface area contributed by atoms with Gasteiger partial charge in [-0.2, -0.15) is 0 Å². The Morgan fingerprint density at radius 2 is 2.10 bits per heavy atom. The van der Waals surface area contributed by atoms with Gasteiger partial charge in [0.05, 0.1) is 0 Å². The Morgan fingerprint density at radius 1 is 1.25 bits per heavy atom. The van der Waals surface area contributed by atoms with Crippen LogP contribution in [0.2, 0.25) is 0 Å². The van der Waals surface area contributed by atoms with Crippen molar-refractivity contribution in [3.05, 3.63) is 58.9 Å². The zero-order valence-corrected chi connectivity index (χ0v) is 11.4. The minimum Gasteiger partial charge on any atom is -0.320 e. The van der Waals surface area contributed by atoms with Gasteiger partial charge in [0, 0.05) is 17.9 Å². The molecule has 1 aliphatic heterocycles. The number of aromatic nitrogens is 1. The maximum absolute atomic E-state index is 12.3. The van der Waals surface area contributed by atoms with E-state index in [9.17, 15) is 4.79 Å². The van der Waals surface area contributed by atoms with Crippen LogP contribution in [0.3, 0.4) is 0 Å². The minimum atomic E-state index is -0.160. The smallest absolute Gasteiger partial charge is 0.274 e. The maximum atomic E-state index is 12.3. The number of rotatable bonds is 2. The molecule has 1 aliphatic rings. The largest absolute Gasteiger partial charge is 0.320 e. The fourth-order valence-electron chi connectivity index (χ4n) is 2.49. The fraction of sp³-hybridized carbons (Fsp3) is 0.250. The molecule has 1 aromatic heterocycles. The summed E-state index contributed by atoms with van der Waals surface area (Å²) in [6.07, 6.45) is 1.00. The number of fused-ring (bicyclic) bond motifs is 1. The number of aryl methyl sites for hydroxylation is 1. The van der Waals surface area contributed by atoms with Crippen LogP contribution in [-0.2, 0) is 13.0 Å². The molecule has 4 heteroatoms. The van der Waals surface area contributed by atoms with Gasteiger partial charge >= 0.3 is 0 Å². The SMILES string of the molecule is Cc1cccc(C(=O)Nc2cccc3c2CNCC3)n1. The number of nitrogens with one attached hydrogen (secondary N) is 2. The number of hydrogen-bond acceptors (Lipinski definition) is 3. The molecule has 2 aromatic rings. The maximum Gasteiger partial charge on any atom is 0.274 e.